The molecule has 0 fully saturated rings. The van der Waals surface area contributed by atoms with Gasteiger partial charge in [0.15, 0.2) is 0 Å². The number of carboxylic acid groups (broad SMARTS) is 1. The number of hydrogen-bond donors (Lipinski definition) is 4. The third-order valence-electron chi connectivity index (χ3n) is 5.59. The summed E-state index contributed by atoms with van der Waals surface area (Å²) >= 11 is 0. The molecular weight excluding hydrogens is 438 g/mol. The molecule has 1 atom stereocenters. The summed E-state index contributed by atoms with van der Waals surface area (Å²) in [6.07, 6.45) is 2.12. The maximum Gasteiger partial charge on any atom is 0.409 e. The fourth-order valence-corrected chi connectivity index (χ4v) is 3.98. The second-order valence-corrected chi connectivity index (χ2v) is 8.08. The molecule has 4 N–H and O–H groups in total. The lowest BCUT2D eigenvalue weighted by Crippen LogP contribution is -2.37. The molecule has 11 heteroatoms. The number of amides is 3. The zero-order valence-corrected chi connectivity index (χ0v) is 18.1. The van der Waals surface area contributed by atoms with E-state index in [9.17, 15) is 14.4 Å². The molecule has 11 nitrogen and oxygen atoms in total. The quantitative estimate of drug-likeness (QED) is 0.361. The number of carbonyl (C=O) groups excluding carboxylic acids is 2. The van der Waals surface area contributed by atoms with E-state index in [0.717, 1.165) is 10.9 Å². The number of anilines is 2. The molecule has 4 aromatic rings. The van der Waals surface area contributed by atoms with E-state index in [1.165, 1.54) is 0 Å². The minimum atomic E-state index is -1.12. The monoisotopic (exact) mass is 459 g/mol. The van der Waals surface area contributed by atoms with Gasteiger partial charge in [-0.25, -0.2) is 9.78 Å². The second kappa shape index (κ2) is 8.35. The standard InChI is InChI=1S/C23H21N7O4/c1-13-9-24-22(32)19-8-15-4-7-18(28-20(15)30(13)19)21(31)26-17-10-25-29(12-17)11-14-2-5-16(6-3-14)27-23(33)34/h2-8,10,12-13,27H,9,11H2,1H3,(H,24,32)(H,26,31)(H,33,34)/t13-/m1/s1. The van der Waals surface area contributed by atoms with Crippen molar-refractivity contribution in [2.24, 2.45) is 0 Å². The summed E-state index contributed by atoms with van der Waals surface area (Å²) in [7, 11) is 0. The van der Waals surface area contributed by atoms with Crippen molar-refractivity contribution in [3.8, 4) is 0 Å². The van der Waals surface area contributed by atoms with Crippen molar-refractivity contribution in [3.63, 3.8) is 0 Å². The lowest BCUT2D eigenvalue weighted by molar-refractivity contribution is 0.0918. The normalized spacial score (nSPS) is 15.0. The fourth-order valence-electron chi connectivity index (χ4n) is 3.98. The molecule has 0 saturated carbocycles. The first-order valence-electron chi connectivity index (χ1n) is 10.6. The van der Waals surface area contributed by atoms with Gasteiger partial charge >= 0.3 is 6.09 Å². The van der Waals surface area contributed by atoms with Crippen LogP contribution in [0.25, 0.3) is 11.0 Å². The highest BCUT2D eigenvalue weighted by atomic mass is 16.4. The number of pyridine rings is 1. The Morgan fingerprint density at radius 3 is 2.71 bits per heavy atom. The van der Waals surface area contributed by atoms with Gasteiger partial charge in [0.2, 0.25) is 0 Å². The average molecular weight is 459 g/mol. The van der Waals surface area contributed by atoms with Crippen molar-refractivity contribution in [3.05, 3.63) is 71.8 Å². The molecule has 0 saturated heterocycles. The van der Waals surface area contributed by atoms with E-state index in [1.807, 2.05) is 11.5 Å². The molecule has 3 amide bonds. The first-order valence-corrected chi connectivity index (χ1v) is 10.6. The van der Waals surface area contributed by atoms with Gasteiger partial charge in [0.05, 0.1) is 24.5 Å². The van der Waals surface area contributed by atoms with Gasteiger partial charge in [-0.3, -0.25) is 19.6 Å². The van der Waals surface area contributed by atoms with Crippen molar-refractivity contribution in [1.29, 1.82) is 0 Å². The summed E-state index contributed by atoms with van der Waals surface area (Å²) in [6.45, 7) is 2.94. The molecular formula is C23H21N7O4. The molecule has 0 spiro atoms. The van der Waals surface area contributed by atoms with Crippen LogP contribution in [0.1, 0.15) is 39.5 Å². The van der Waals surface area contributed by atoms with Gasteiger partial charge < -0.3 is 20.3 Å². The maximum atomic E-state index is 12.8. The van der Waals surface area contributed by atoms with Gasteiger partial charge in [0.1, 0.15) is 17.0 Å². The third kappa shape index (κ3) is 4.06. The van der Waals surface area contributed by atoms with Gasteiger partial charge in [-0.05, 0) is 42.8 Å². The Morgan fingerprint density at radius 2 is 1.94 bits per heavy atom. The summed E-state index contributed by atoms with van der Waals surface area (Å²) in [6, 6.07) is 12.2. The van der Waals surface area contributed by atoms with Gasteiger partial charge in [-0.1, -0.05) is 12.1 Å². The topological polar surface area (TPSA) is 143 Å². The van der Waals surface area contributed by atoms with E-state index in [4.69, 9.17) is 5.11 Å². The van der Waals surface area contributed by atoms with Gasteiger partial charge in [-0.2, -0.15) is 5.10 Å². The molecule has 5 rings (SSSR count). The zero-order chi connectivity index (χ0) is 23.8. The van der Waals surface area contributed by atoms with Crippen LogP contribution < -0.4 is 16.0 Å². The molecule has 4 heterocycles. The first-order chi connectivity index (χ1) is 16.4. The molecule has 0 bridgehead atoms. The summed E-state index contributed by atoms with van der Waals surface area (Å²) in [5, 5.41) is 21.8. The Hall–Kier alpha value is -4.67. The van der Waals surface area contributed by atoms with Crippen LogP contribution in [0.2, 0.25) is 0 Å². The van der Waals surface area contributed by atoms with Gasteiger partial charge in [0.25, 0.3) is 11.8 Å². The van der Waals surface area contributed by atoms with Crippen molar-refractivity contribution >= 4 is 40.3 Å². The summed E-state index contributed by atoms with van der Waals surface area (Å²) < 4.78 is 3.52. The summed E-state index contributed by atoms with van der Waals surface area (Å²) in [5.74, 6) is -0.531. The van der Waals surface area contributed by atoms with Crippen LogP contribution >= 0.6 is 0 Å². The van der Waals surface area contributed by atoms with E-state index in [0.29, 0.717) is 35.8 Å². The van der Waals surface area contributed by atoms with E-state index >= 15 is 0 Å². The minimum absolute atomic E-state index is 0.0308. The third-order valence-corrected chi connectivity index (χ3v) is 5.59. The predicted molar refractivity (Wildman–Crippen MR) is 124 cm³/mol. The molecule has 34 heavy (non-hydrogen) atoms. The molecule has 1 aromatic carbocycles. The molecule has 3 aromatic heterocycles. The SMILES string of the molecule is C[C@@H]1CNC(=O)c2cc3ccc(C(=O)Nc4cnn(Cc5ccc(NC(=O)O)cc5)c4)nc3n21. The zero-order valence-electron chi connectivity index (χ0n) is 18.1. The Balaban J connectivity index is 1.30. The van der Waals surface area contributed by atoms with Crippen molar-refractivity contribution in [1.82, 2.24) is 24.6 Å². The smallest absolute Gasteiger partial charge is 0.409 e. The Morgan fingerprint density at radius 1 is 1.15 bits per heavy atom. The van der Waals surface area contributed by atoms with E-state index in [-0.39, 0.29) is 23.6 Å². The lowest BCUT2D eigenvalue weighted by atomic mass is 10.2. The van der Waals surface area contributed by atoms with Crippen LogP contribution in [0, 0.1) is 0 Å². The maximum absolute atomic E-state index is 12.8. The summed E-state index contributed by atoms with van der Waals surface area (Å²) in [5.41, 5.74) is 3.28. The minimum Gasteiger partial charge on any atom is -0.465 e. The molecule has 1 aliphatic rings. The molecule has 0 radical (unpaired) electrons. The highest BCUT2D eigenvalue weighted by molar-refractivity contribution is 6.04. The largest absolute Gasteiger partial charge is 0.465 e. The van der Waals surface area contributed by atoms with Crippen LogP contribution in [0.15, 0.2) is 54.9 Å². The molecule has 0 aliphatic carbocycles. The average Bonchev–Trinajstić information content (AvgIpc) is 3.41. The number of fused-ring (bicyclic) bond motifs is 3. The van der Waals surface area contributed by atoms with E-state index in [1.54, 1.807) is 59.5 Å². The molecule has 1 aliphatic heterocycles. The number of nitrogens with zero attached hydrogens (tertiary/aromatic N) is 4. The Labute approximate surface area is 193 Å². The van der Waals surface area contributed by atoms with Crippen molar-refractivity contribution in [2.45, 2.75) is 19.5 Å². The highest BCUT2D eigenvalue weighted by Crippen LogP contribution is 2.25. The summed E-state index contributed by atoms with van der Waals surface area (Å²) in [4.78, 5) is 40.2. The highest BCUT2D eigenvalue weighted by Gasteiger charge is 2.25. The van der Waals surface area contributed by atoms with Crippen LogP contribution in [0.4, 0.5) is 16.2 Å². The van der Waals surface area contributed by atoms with E-state index < -0.39 is 6.09 Å². The van der Waals surface area contributed by atoms with Crippen LogP contribution in [-0.4, -0.2) is 48.9 Å². The first kappa shape index (κ1) is 21.2. The number of benzene rings is 1. The van der Waals surface area contributed by atoms with E-state index in [2.05, 4.69) is 26.0 Å². The Kier molecular flexibility index (Phi) is 5.21. The number of aromatic nitrogens is 4. The Bertz CT molecular complexity index is 1420. The molecule has 0 unspecified atom stereocenters. The number of carbonyl (C=O) groups is 3. The number of rotatable bonds is 5. The molecule has 172 valence electrons. The fraction of sp³-hybridized carbons (Fsp3) is 0.174. The van der Waals surface area contributed by atoms with Gasteiger partial charge in [-0.15, -0.1) is 0 Å². The van der Waals surface area contributed by atoms with Crippen molar-refractivity contribution in [2.75, 3.05) is 17.2 Å². The number of nitrogens with one attached hydrogen (secondary N) is 3. The number of hydrogen-bond acceptors (Lipinski definition) is 5. The van der Waals surface area contributed by atoms with Gasteiger partial charge in [0, 0.05) is 23.8 Å². The second-order valence-electron chi connectivity index (χ2n) is 8.08. The van der Waals surface area contributed by atoms with Crippen LogP contribution in [0.3, 0.4) is 0 Å². The van der Waals surface area contributed by atoms with Crippen LogP contribution in [-0.2, 0) is 6.54 Å². The lowest BCUT2D eigenvalue weighted by Gasteiger charge is -2.23. The van der Waals surface area contributed by atoms with Crippen molar-refractivity contribution < 1.29 is 19.5 Å². The predicted octanol–water partition coefficient (Wildman–Crippen LogP) is 2.93. The van der Waals surface area contributed by atoms with Crippen LogP contribution in [0.5, 0.6) is 0 Å².